The minimum atomic E-state index is 0.476. The maximum absolute atomic E-state index is 3.94. The molecule has 2 rings (SSSR count). The van der Waals surface area contributed by atoms with E-state index in [1.165, 1.54) is 19.3 Å². The Kier molecular flexibility index (Phi) is 4.49. The highest BCUT2D eigenvalue weighted by Crippen LogP contribution is 2.19. The molecule has 2 aromatic rings. The predicted octanol–water partition coefficient (Wildman–Crippen LogP) is 2.96. The highest BCUT2D eigenvalue weighted by atomic mass is 15.5. The third-order valence-electron chi connectivity index (χ3n) is 3.21. The Balaban J connectivity index is 2.13. The molecule has 0 saturated heterocycles. The van der Waals surface area contributed by atoms with Crippen LogP contribution in [-0.2, 0) is 0 Å². The fourth-order valence-electron chi connectivity index (χ4n) is 2.08. The summed E-state index contributed by atoms with van der Waals surface area (Å²) in [6.07, 6.45) is 5.28. The van der Waals surface area contributed by atoms with E-state index < -0.39 is 0 Å². The number of nitrogens with zero attached hydrogens (tertiary/aromatic N) is 4. The summed E-state index contributed by atoms with van der Waals surface area (Å²) in [4.78, 5) is 0. The van der Waals surface area contributed by atoms with Gasteiger partial charge in [-0.1, -0.05) is 25.8 Å². The summed E-state index contributed by atoms with van der Waals surface area (Å²) in [5.41, 5.74) is 3.27. The van der Waals surface area contributed by atoms with Crippen molar-refractivity contribution in [3.05, 3.63) is 30.1 Å². The van der Waals surface area contributed by atoms with Gasteiger partial charge < -0.3 is 5.32 Å². The minimum Gasteiger partial charge on any atom is -0.383 e. The number of benzene rings is 1. The lowest BCUT2D eigenvalue weighted by Crippen LogP contribution is -2.15. The first kappa shape index (κ1) is 13.5. The molecule has 1 aromatic heterocycles. The van der Waals surface area contributed by atoms with Gasteiger partial charge in [0, 0.05) is 11.7 Å². The Morgan fingerprint density at radius 1 is 1.37 bits per heavy atom. The topological polar surface area (TPSA) is 55.6 Å². The summed E-state index contributed by atoms with van der Waals surface area (Å²) in [6.45, 7) is 6.49. The van der Waals surface area contributed by atoms with Crippen molar-refractivity contribution >= 4 is 5.69 Å². The van der Waals surface area contributed by atoms with Crippen LogP contribution in [0.5, 0.6) is 0 Å². The quantitative estimate of drug-likeness (QED) is 0.866. The zero-order valence-electron chi connectivity index (χ0n) is 11.8. The molecule has 5 nitrogen and oxygen atoms in total. The summed E-state index contributed by atoms with van der Waals surface area (Å²) in [5, 5.41) is 14.8. The van der Waals surface area contributed by atoms with Gasteiger partial charge in [-0.15, -0.1) is 5.10 Å². The first-order valence-corrected chi connectivity index (χ1v) is 6.81. The van der Waals surface area contributed by atoms with Gasteiger partial charge in [-0.05, 0) is 48.4 Å². The van der Waals surface area contributed by atoms with E-state index in [1.807, 2.05) is 0 Å². The third-order valence-corrected chi connectivity index (χ3v) is 3.21. The fraction of sp³-hybridized carbons (Fsp3) is 0.500. The second kappa shape index (κ2) is 6.31. The minimum absolute atomic E-state index is 0.476. The van der Waals surface area contributed by atoms with Gasteiger partial charge in [-0.2, -0.15) is 0 Å². The molecule has 1 N–H and O–H groups in total. The van der Waals surface area contributed by atoms with E-state index in [2.05, 4.69) is 59.8 Å². The van der Waals surface area contributed by atoms with E-state index >= 15 is 0 Å². The zero-order chi connectivity index (χ0) is 13.7. The lowest BCUT2D eigenvalue weighted by molar-refractivity contribution is 0.645. The fourth-order valence-corrected chi connectivity index (χ4v) is 2.08. The van der Waals surface area contributed by atoms with Crippen molar-refractivity contribution in [2.24, 2.45) is 0 Å². The van der Waals surface area contributed by atoms with Crippen LogP contribution < -0.4 is 5.32 Å². The summed E-state index contributed by atoms with van der Waals surface area (Å²) >= 11 is 0. The lowest BCUT2D eigenvalue weighted by atomic mass is 10.1. The van der Waals surface area contributed by atoms with E-state index in [0.29, 0.717) is 6.04 Å². The average Bonchev–Trinajstić information content (AvgIpc) is 2.92. The Hall–Kier alpha value is -1.91. The predicted molar refractivity (Wildman–Crippen MR) is 76.5 cm³/mol. The Labute approximate surface area is 114 Å². The first-order chi connectivity index (χ1) is 9.20. The molecule has 1 aromatic carbocycles. The average molecular weight is 259 g/mol. The molecule has 1 unspecified atom stereocenters. The molecule has 0 fully saturated rings. The molecule has 1 atom stereocenters. The van der Waals surface area contributed by atoms with Crippen LogP contribution in [0.2, 0.25) is 0 Å². The molecule has 0 radical (unpaired) electrons. The Morgan fingerprint density at radius 2 is 2.21 bits per heavy atom. The SMILES string of the molecule is CCCCC(C)Nc1ccc(C)c(-n2cnnn2)c1. The van der Waals surface area contributed by atoms with Gasteiger partial charge in [-0.25, -0.2) is 4.68 Å². The number of hydrogen-bond donors (Lipinski definition) is 1. The smallest absolute Gasteiger partial charge is 0.143 e. The van der Waals surface area contributed by atoms with Crippen molar-refractivity contribution in [1.29, 1.82) is 0 Å². The Morgan fingerprint density at radius 3 is 2.89 bits per heavy atom. The molecule has 0 aliphatic heterocycles. The molecule has 0 spiro atoms. The first-order valence-electron chi connectivity index (χ1n) is 6.81. The van der Waals surface area contributed by atoms with Crippen LogP contribution in [0, 0.1) is 6.92 Å². The van der Waals surface area contributed by atoms with Gasteiger partial charge in [0.2, 0.25) is 0 Å². The van der Waals surface area contributed by atoms with Crippen LogP contribution in [0.3, 0.4) is 0 Å². The highest BCUT2D eigenvalue weighted by Gasteiger charge is 2.06. The van der Waals surface area contributed by atoms with Crippen LogP contribution in [-0.4, -0.2) is 26.2 Å². The van der Waals surface area contributed by atoms with E-state index in [0.717, 1.165) is 16.9 Å². The lowest BCUT2D eigenvalue weighted by Gasteiger charge is -2.16. The maximum Gasteiger partial charge on any atom is 0.143 e. The number of aryl methyl sites for hydroxylation is 1. The number of tetrazole rings is 1. The molecule has 5 heteroatoms. The number of hydrogen-bond acceptors (Lipinski definition) is 4. The molecule has 19 heavy (non-hydrogen) atoms. The number of rotatable bonds is 6. The monoisotopic (exact) mass is 259 g/mol. The van der Waals surface area contributed by atoms with Gasteiger partial charge in [-0.3, -0.25) is 0 Å². The molecule has 102 valence electrons. The van der Waals surface area contributed by atoms with E-state index in [4.69, 9.17) is 0 Å². The van der Waals surface area contributed by atoms with Crippen molar-refractivity contribution in [3.8, 4) is 5.69 Å². The van der Waals surface area contributed by atoms with Crippen molar-refractivity contribution in [1.82, 2.24) is 20.2 Å². The molecular weight excluding hydrogens is 238 g/mol. The molecular formula is C14H21N5. The van der Waals surface area contributed by atoms with Crippen LogP contribution >= 0.6 is 0 Å². The second-order valence-corrected chi connectivity index (χ2v) is 4.94. The molecule has 0 bridgehead atoms. The van der Waals surface area contributed by atoms with Crippen molar-refractivity contribution < 1.29 is 0 Å². The van der Waals surface area contributed by atoms with Crippen LogP contribution in [0.1, 0.15) is 38.7 Å². The van der Waals surface area contributed by atoms with Gasteiger partial charge in [0.1, 0.15) is 6.33 Å². The van der Waals surface area contributed by atoms with Crippen LogP contribution in [0.25, 0.3) is 5.69 Å². The number of nitrogens with one attached hydrogen (secondary N) is 1. The van der Waals surface area contributed by atoms with E-state index in [9.17, 15) is 0 Å². The standard InChI is InChI=1S/C14H21N5/c1-4-5-6-12(3)16-13-8-7-11(2)14(9-13)19-10-15-17-18-19/h7-10,12,16H,4-6H2,1-3H3. The third kappa shape index (κ3) is 3.53. The van der Waals surface area contributed by atoms with Gasteiger partial charge >= 0.3 is 0 Å². The summed E-state index contributed by atoms with van der Waals surface area (Å²) < 4.78 is 1.69. The van der Waals surface area contributed by atoms with E-state index in [1.54, 1.807) is 11.0 Å². The highest BCUT2D eigenvalue weighted by molar-refractivity contribution is 5.54. The largest absolute Gasteiger partial charge is 0.383 e. The summed E-state index contributed by atoms with van der Waals surface area (Å²) in [7, 11) is 0. The second-order valence-electron chi connectivity index (χ2n) is 4.94. The van der Waals surface area contributed by atoms with Gasteiger partial charge in [0.15, 0.2) is 0 Å². The maximum atomic E-state index is 3.94. The van der Waals surface area contributed by atoms with Crippen molar-refractivity contribution in [2.75, 3.05) is 5.32 Å². The molecule has 0 aliphatic rings. The number of anilines is 1. The molecule has 0 saturated carbocycles. The van der Waals surface area contributed by atoms with Crippen molar-refractivity contribution in [2.45, 2.75) is 46.1 Å². The number of aromatic nitrogens is 4. The van der Waals surface area contributed by atoms with Crippen LogP contribution in [0.15, 0.2) is 24.5 Å². The van der Waals surface area contributed by atoms with Gasteiger partial charge in [0.05, 0.1) is 5.69 Å². The van der Waals surface area contributed by atoms with Crippen molar-refractivity contribution in [3.63, 3.8) is 0 Å². The van der Waals surface area contributed by atoms with Crippen LogP contribution in [0.4, 0.5) is 5.69 Å². The summed E-state index contributed by atoms with van der Waals surface area (Å²) in [5.74, 6) is 0. The molecule has 0 aliphatic carbocycles. The Bertz CT molecular complexity index is 507. The normalized spacial score (nSPS) is 12.4. The zero-order valence-corrected chi connectivity index (χ0v) is 11.8. The summed E-state index contributed by atoms with van der Waals surface area (Å²) in [6, 6.07) is 6.76. The van der Waals surface area contributed by atoms with Gasteiger partial charge in [0.25, 0.3) is 0 Å². The molecule has 0 amide bonds. The molecule has 1 heterocycles. The number of unbranched alkanes of at least 4 members (excludes halogenated alkanes) is 1. The van der Waals surface area contributed by atoms with E-state index in [-0.39, 0.29) is 0 Å².